The van der Waals surface area contributed by atoms with Crippen molar-refractivity contribution in [3.05, 3.63) is 58.7 Å². The predicted octanol–water partition coefficient (Wildman–Crippen LogP) is -2.27. The average molecular weight is 694 g/mol. The van der Waals surface area contributed by atoms with Crippen molar-refractivity contribution >= 4 is 5.91 Å². The summed E-state index contributed by atoms with van der Waals surface area (Å²) in [4.78, 5) is 14.6. The molecular weight excluding hydrogens is 650 g/mol. The molecule has 0 unspecified atom stereocenters. The fraction of sp³-hybridized carbons (Fsp3) is 0.541. The van der Waals surface area contributed by atoms with Gasteiger partial charge in [-0.2, -0.15) is 0 Å². The highest BCUT2D eigenvalue weighted by Crippen LogP contribution is 2.54. The van der Waals surface area contributed by atoms with Crippen molar-refractivity contribution in [1.29, 1.82) is 0 Å². The zero-order chi connectivity index (χ0) is 36.1. The second-order valence-corrected chi connectivity index (χ2v) is 14.0. The number of carbonyl (C=O) groups excluding carboxylic acids is 1. The highest BCUT2D eigenvalue weighted by molar-refractivity contribution is 5.85. The van der Waals surface area contributed by atoms with Crippen LogP contribution in [0.4, 0.5) is 0 Å². The van der Waals surface area contributed by atoms with Crippen molar-refractivity contribution in [3.63, 3.8) is 0 Å². The molecule has 3 heterocycles. The van der Waals surface area contributed by atoms with E-state index < -0.39 is 85.3 Å². The Hall–Kier alpha value is -3.41. The van der Waals surface area contributed by atoms with E-state index >= 15 is 0 Å². The summed E-state index contributed by atoms with van der Waals surface area (Å²) in [5, 5.41) is 91.1. The molecule has 0 radical (unpaired) electrons. The smallest absolute Gasteiger partial charge is 0.253 e. The molecule has 2 aromatic carbocycles. The molecule has 2 aromatic rings. The van der Waals surface area contributed by atoms with Gasteiger partial charge in [0, 0.05) is 29.6 Å². The molecule has 3 fully saturated rings. The van der Waals surface area contributed by atoms with Crippen molar-refractivity contribution in [3.8, 4) is 34.8 Å². The van der Waals surface area contributed by atoms with Crippen LogP contribution in [0.2, 0.25) is 0 Å². The van der Waals surface area contributed by atoms with Gasteiger partial charge in [0.15, 0.2) is 0 Å². The zero-order valence-corrected chi connectivity index (χ0v) is 27.7. The van der Waals surface area contributed by atoms with Crippen LogP contribution in [0.5, 0.6) is 0 Å². The lowest BCUT2D eigenvalue weighted by Crippen LogP contribution is -2.58. The maximum Gasteiger partial charge on any atom is 0.253 e. The number of rotatable bonds is 3. The van der Waals surface area contributed by atoms with Crippen LogP contribution in [-0.2, 0) is 19.7 Å². The predicted molar refractivity (Wildman–Crippen MR) is 176 cm³/mol. The molecule has 0 bridgehead atoms. The number of likely N-dealkylation sites (tertiary alicyclic amines) is 1. The molecule has 268 valence electrons. The minimum Gasteiger partial charge on any atom is -0.394 e. The molecule has 1 spiro atoms. The molecular formula is C37H43NO12. The number of hydrogen-bond acceptors (Lipinski definition) is 12. The Balaban J connectivity index is 1.35. The van der Waals surface area contributed by atoms with Crippen LogP contribution in [0.25, 0.3) is 11.1 Å². The van der Waals surface area contributed by atoms with Gasteiger partial charge in [0.1, 0.15) is 66.6 Å². The summed E-state index contributed by atoms with van der Waals surface area (Å²) in [6.45, 7) is 2.52. The monoisotopic (exact) mass is 693 g/mol. The number of amides is 1. The third kappa shape index (κ3) is 6.45. The first-order chi connectivity index (χ1) is 23.7. The van der Waals surface area contributed by atoms with E-state index in [0.717, 1.165) is 22.3 Å². The van der Waals surface area contributed by atoms with E-state index in [4.69, 9.17) is 9.47 Å². The second-order valence-electron chi connectivity index (χ2n) is 14.0. The van der Waals surface area contributed by atoms with Gasteiger partial charge in [0.05, 0.1) is 13.2 Å². The molecule has 3 saturated heterocycles. The van der Waals surface area contributed by atoms with E-state index in [2.05, 4.69) is 23.7 Å². The van der Waals surface area contributed by atoms with Gasteiger partial charge in [0.25, 0.3) is 5.91 Å². The molecule has 4 aliphatic rings. The fourth-order valence-corrected chi connectivity index (χ4v) is 7.42. The molecule has 13 heteroatoms. The van der Waals surface area contributed by atoms with E-state index in [9.17, 15) is 50.8 Å². The first kappa shape index (κ1) is 36.4. The summed E-state index contributed by atoms with van der Waals surface area (Å²) >= 11 is 0. The van der Waals surface area contributed by atoms with Gasteiger partial charge in [-0.1, -0.05) is 35.8 Å². The van der Waals surface area contributed by atoms with Crippen molar-refractivity contribution in [2.24, 2.45) is 0 Å². The summed E-state index contributed by atoms with van der Waals surface area (Å²) in [6.07, 6.45) is -12.5. The summed E-state index contributed by atoms with van der Waals surface area (Å²) in [7, 11) is 0. The molecule has 9 N–H and O–H groups in total. The number of hydrogen-bond donors (Lipinski definition) is 9. The standard InChI is InChI=1S/C37H43NO12/c1-36(2,48)35(47)38-13-11-37(12-14-38)23-15-19(5-9-25-29(41)33(45)31(43)27(17-39)49-25)3-7-21(23)22-8-4-20(16-24(22)37)6-10-26-30(42)34(46)32(44)28(18-40)50-26/h3-4,7-8,15-16,25-34,39-46,48H,11-14,17-18H2,1-2H3/t25-,26-,27-,28-,29-,30-,31-,32-,33-,34-/m1/s1. The van der Waals surface area contributed by atoms with Crippen molar-refractivity contribution in [1.82, 2.24) is 4.90 Å². The fourth-order valence-electron chi connectivity index (χ4n) is 7.42. The topological polar surface area (TPSA) is 221 Å². The number of nitrogens with zero attached hydrogens (tertiary/aromatic N) is 1. The van der Waals surface area contributed by atoms with Crippen molar-refractivity contribution in [2.75, 3.05) is 26.3 Å². The molecule has 50 heavy (non-hydrogen) atoms. The van der Waals surface area contributed by atoms with Crippen LogP contribution in [-0.4, -0.2) is 150 Å². The molecule has 1 aliphatic carbocycles. The summed E-state index contributed by atoms with van der Waals surface area (Å²) < 4.78 is 11.1. The third-order valence-electron chi connectivity index (χ3n) is 10.3. The Morgan fingerprint density at radius 2 is 1.16 bits per heavy atom. The number of aliphatic hydroxyl groups excluding tert-OH is 8. The van der Waals surface area contributed by atoms with Crippen LogP contribution in [0.15, 0.2) is 36.4 Å². The molecule has 0 saturated carbocycles. The van der Waals surface area contributed by atoms with Crippen LogP contribution in [0.3, 0.4) is 0 Å². The Morgan fingerprint density at radius 1 is 0.740 bits per heavy atom. The third-order valence-corrected chi connectivity index (χ3v) is 10.3. The van der Waals surface area contributed by atoms with Crippen LogP contribution < -0.4 is 0 Å². The Morgan fingerprint density at radius 3 is 1.54 bits per heavy atom. The minimum absolute atomic E-state index is 0.364. The molecule has 6 rings (SSSR count). The summed E-state index contributed by atoms with van der Waals surface area (Å²) in [6, 6.07) is 11.4. The van der Waals surface area contributed by atoms with Gasteiger partial charge in [0.2, 0.25) is 0 Å². The lowest BCUT2D eigenvalue weighted by Gasteiger charge is -2.42. The lowest BCUT2D eigenvalue weighted by molar-refractivity contribution is -0.214. The van der Waals surface area contributed by atoms with E-state index in [1.807, 2.05) is 36.4 Å². The number of fused-ring (bicyclic) bond motifs is 5. The normalized spacial score (nSPS) is 33.1. The summed E-state index contributed by atoms with van der Waals surface area (Å²) in [5.74, 6) is 11.3. The van der Waals surface area contributed by atoms with Crippen molar-refractivity contribution in [2.45, 2.75) is 98.7 Å². The first-order valence-corrected chi connectivity index (χ1v) is 16.7. The van der Waals surface area contributed by atoms with E-state index in [0.29, 0.717) is 37.1 Å². The highest BCUT2D eigenvalue weighted by atomic mass is 16.5. The quantitative estimate of drug-likeness (QED) is 0.156. The zero-order valence-electron chi connectivity index (χ0n) is 27.7. The minimum atomic E-state index is -1.55. The lowest BCUT2D eigenvalue weighted by atomic mass is 9.70. The first-order valence-electron chi connectivity index (χ1n) is 16.7. The van der Waals surface area contributed by atoms with Gasteiger partial charge in [-0.15, -0.1) is 0 Å². The second kappa shape index (κ2) is 14.0. The maximum absolute atomic E-state index is 13.0. The van der Waals surface area contributed by atoms with Crippen molar-refractivity contribution < 1.29 is 60.2 Å². The van der Waals surface area contributed by atoms with E-state index in [1.54, 1.807) is 4.90 Å². The van der Waals surface area contributed by atoms with Crippen LogP contribution in [0, 0.1) is 23.7 Å². The molecule has 3 aliphatic heterocycles. The van der Waals surface area contributed by atoms with Gasteiger partial charge in [-0.25, -0.2) is 0 Å². The molecule has 0 aromatic heterocycles. The summed E-state index contributed by atoms with van der Waals surface area (Å²) in [5.41, 5.74) is 2.89. The number of aliphatic hydroxyl groups is 9. The van der Waals surface area contributed by atoms with Gasteiger partial charge in [-0.3, -0.25) is 4.79 Å². The number of ether oxygens (including phenoxy) is 2. The maximum atomic E-state index is 13.0. The largest absolute Gasteiger partial charge is 0.394 e. The average Bonchev–Trinajstić information content (AvgIpc) is 3.36. The molecule has 1 amide bonds. The Labute approximate surface area is 289 Å². The Bertz CT molecular complexity index is 1620. The van der Waals surface area contributed by atoms with E-state index in [-0.39, 0.29) is 5.91 Å². The number of benzene rings is 2. The molecule has 13 nitrogen and oxygen atoms in total. The number of piperidine rings is 1. The van der Waals surface area contributed by atoms with E-state index in [1.165, 1.54) is 13.8 Å². The molecule has 10 atom stereocenters. The highest BCUT2D eigenvalue weighted by Gasteiger charge is 2.48. The van der Waals surface area contributed by atoms with Crippen LogP contribution in [0.1, 0.15) is 48.9 Å². The SMILES string of the molecule is CC(C)(O)C(=O)N1CCC2(CC1)c1cc(C#C[C@H]3O[C@H](CO)[C@@H](O)[C@H](O)[C@@H]3O)ccc1-c1ccc(C#C[C@H]3O[C@H](CO)[C@@H](O)[C@H](O)[C@@H]3O)cc12. The number of carbonyl (C=O) groups is 1. The van der Waals surface area contributed by atoms with Gasteiger partial charge in [-0.05, 0) is 73.2 Å². The van der Waals surface area contributed by atoms with Gasteiger partial charge < -0.3 is 60.3 Å². The van der Waals surface area contributed by atoms with Crippen LogP contribution >= 0.6 is 0 Å². The van der Waals surface area contributed by atoms with Gasteiger partial charge >= 0.3 is 0 Å². The Kier molecular flexibility index (Phi) is 10.2.